The maximum absolute atomic E-state index is 12.1. The van der Waals surface area contributed by atoms with Gasteiger partial charge >= 0.3 is 0 Å². The van der Waals surface area contributed by atoms with Gasteiger partial charge in [-0.05, 0) is 36.7 Å². The number of ketones is 1. The van der Waals surface area contributed by atoms with Gasteiger partial charge in [0.2, 0.25) is 0 Å². The van der Waals surface area contributed by atoms with Gasteiger partial charge in [0.05, 0.1) is 4.91 Å². The molecule has 0 unspecified atom stereocenters. The van der Waals surface area contributed by atoms with E-state index in [0.717, 1.165) is 17.3 Å². The fourth-order valence-electron chi connectivity index (χ4n) is 1.88. The minimum absolute atomic E-state index is 0.0665. The molecule has 1 aromatic rings. The molecule has 1 aromatic carbocycles. The van der Waals surface area contributed by atoms with Crippen molar-refractivity contribution in [2.45, 2.75) is 19.8 Å². The second-order valence-electron chi connectivity index (χ2n) is 4.55. The van der Waals surface area contributed by atoms with Gasteiger partial charge in [-0.3, -0.25) is 14.5 Å². The first kappa shape index (κ1) is 14.5. The Labute approximate surface area is 121 Å². The summed E-state index contributed by atoms with van der Waals surface area (Å²) in [5.74, 6) is -0.204. The second kappa shape index (κ2) is 6.52. The number of nitrogens with zero attached hydrogens (tertiary/aromatic N) is 1. The zero-order valence-corrected chi connectivity index (χ0v) is 12.0. The predicted octanol–water partition coefficient (Wildman–Crippen LogP) is 3.09. The van der Waals surface area contributed by atoms with Gasteiger partial charge in [-0.1, -0.05) is 30.3 Å². The molecule has 1 saturated heterocycles. The van der Waals surface area contributed by atoms with Crippen LogP contribution in [0.25, 0.3) is 6.08 Å². The van der Waals surface area contributed by atoms with E-state index in [0.29, 0.717) is 24.3 Å². The van der Waals surface area contributed by atoms with Crippen LogP contribution in [0.5, 0.6) is 0 Å². The van der Waals surface area contributed by atoms with E-state index >= 15 is 0 Å². The van der Waals surface area contributed by atoms with Gasteiger partial charge in [-0.2, -0.15) is 0 Å². The minimum atomic E-state index is -0.271. The van der Waals surface area contributed by atoms with Crippen LogP contribution in [-0.2, 0) is 9.59 Å². The molecule has 104 valence electrons. The number of thioether (sulfide) groups is 1. The Bertz CT molecular complexity index is 566. The lowest BCUT2D eigenvalue weighted by Gasteiger charge is -2.11. The molecular formula is C15H15NO3S. The van der Waals surface area contributed by atoms with Gasteiger partial charge < -0.3 is 4.79 Å². The summed E-state index contributed by atoms with van der Waals surface area (Å²) in [6.07, 6.45) is 2.63. The van der Waals surface area contributed by atoms with Gasteiger partial charge in [0.15, 0.2) is 0 Å². The normalized spacial score (nSPS) is 17.1. The molecule has 0 bridgehead atoms. The highest BCUT2D eigenvalue weighted by Crippen LogP contribution is 2.32. The Balaban J connectivity index is 2.05. The number of hydrogen-bond donors (Lipinski definition) is 0. The molecule has 0 aliphatic carbocycles. The van der Waals surface area contributed by atoms with Crippen molar-refractivity contribution >= 4 is 34.8 Å². The number of carbonyl (C=O) groups is 3. The van der Waals surface area contributed by atoms with Crippen LogP contribution >= 0.6 is 11.8 Å². The average Bonchev–Trinajstić information content (AvgIpc) is 2.67. The smallest absolute Gasteiger partial charge is 0.293 e. The van der Waals surface area contributed by atoms with Crippen molar-refractivity contribution in [1.29, 1.82) is 0 Å². The topological polar surface area (TPSA) is 54.5 Å². The van der Waals surface area contributed by atoms with Gasteiger partial charge in [0.25, 0.3) is 11.1 Å². The molecule has 0 aromatic heterocycles. The molecule has 1 aliphatic rings. The van der Waals surface area contributed by atoms with Crippen LogP contribution in [0.4, 0.5) is 4.79 Å². The summed E-state index contributed by atoms with van der Waals surface area (Å²) in [6.45, 7) is 1.81. The van der Waals surface area contributed by atoms with Crippen molar-refractivity contribution in [2.24, 2.45) is 0 Å². The van der Waals surface area contributed by atoms with E-state index in [2.05, 4.69) is 0 Å². The number of rotatable bonds is 5. The zero-order chi connectivity index (χ0) is 14.5. The average molecular weight is 289 g/mol. The predicted molar refractivity (Wildman–Crippen MR) is 79.0 cm³/mol. The van der Waals surface area contributed by atoms with Crippen molar-refractivity contribution in [2.75, 3.05) is 6.54 Å². The Morgan fingerprint density at radius 3 is 2.60 bits per heavy atom. The molecule has 2 amide bonds. The van der Waals surface area contributed by atoms with Gasteiger partial charge in [-0.15, -0.1) is 0 Å². The van der Waals surface area contributed by atoms with Gasteiger partial charge in [0, 0.05) is 13.0 Å². The standard InChI is InChI=1S/C15H15NO3S/c1-11(17)6-5-9-16-14(18)13(20-15(16)19)10-12-7-3-2-4-8-12/h2-4,7-8,10H,5-6,9H2,1H3/b13-10-. The quantitative estimate of drug-likeness (QED) is 0.782. The van der Waals surface area contributed by atoms with E-state index in [1.54, 1.807) is 6.08 Å². The largest absolute Gasteiger partial charge is 0.300 e. The SMILES string of the molecule is CC(=O)CCCN1C(=O)S/C(=C\c2ccccc2)C1=O. The third kappa shape index (κ3) is 3.57. The molecule has 1 aliphatic heterocycles. The summed E-state index contributed by atoms with van der Waals surface area (Å²) in [7, 11) is 0. The summed E-state index contributed by atoms with van der Waals surface area (Å²) in [6, 6.07) is 9.41. The molecule has 0 spiro atoms. The number of Topliss-reactive ketones (excluding diaryl/α,β-unsaturated/α-hetero) is 1. The molecule has 0 N–H and O–H groups in total. The number of amides is 2. The molecule has 2 rings (SSSR count). The Hall–Kier alpha value is -1.88. The van der Waals surface area contributed by atoms with Crippen LogP contribution in [0.3, 0.4) is 0 Å². The first-order valence-corrected chi connectivity index (χ1v) is 7.19. The Kier molecular flexibility index (Phi) is 4.74. The van der Waals surface area contributed by atoms with Crippen molar-refractivity contribution < 1.29 is 14.4 Å². The number of carbonyl (C=O) groups excluding carboxylic acids is 3. The number of imide groups is 1. The van der Waals surface area contributed by atoms with E-state index in [9.17, 15) is 14.4 Å². The molecule has 5 heteroatoms. The molecule has 0 saturated carbocycles. The maximum Gasteiger partial charge on any atom is 0.293 e. The Morgan fingerprint density at radius 2 is 1.95 bits per heavy atom. The number of hydrogen-bond acceptors (Lipinski definition) is 4. The molecule has 0 atom stereocenters. The third-order valence-corrected chi connectivity index (χ3v) is 3.79. The first-order valence-electron chi connectivity index (χ1n) is 6.38. The maximum atomic E-state index is 12.1. The van der Waals surface area contributed by atoms with Crippen LogP contribution in [0.15, 0.2) is 35.2 Å². The second-order valence-corrected chi connectivity index (χ2v) is 5.54. The zero-order valence-electron chi connectivity index (χ0n) is 11.2. The molecule has 1 heterocycles. The lowest BCUT2D eigenvalue weighted by atomic mass is 10.2. The van der Waals surface area contributed by atoms with E-state index in [-0.39, 0.29) is 16.9 Å². The van der Waals surface area contributed by atoms with Crippen LogP contribution in [0.1, 0.15) is 25.3 Å². The van der Waals surface area contributed by atoms with Gasteiger partial charge in [0.1, 0.15) is 5.78 Å². The lowest BCUT2D eigenvalue weighted by Crippen LogP contribution is -2.29. The van der Waals surface area contributed by atoms with Crippen LogP contribution in [0.2, 0.25) is 0 Å². The monoisotopic (exact) mass is 289 g/mol. The molecule has 1 fully saturated rings. The summed E-state index contributed by atoms with van der Waals surface area (Å²) in [5.41, 5.74) is 0.890. The highest BCUT2D eigenvalue weighted by molar-refractivity contribution is 8.18. The first-order chi connectivity index (χ1) is 9.58. The molecule has 20 heavy (non-hydrogen) atoms. The summed E-state index contributed by atoms with van der Waals surface area (Å²) >= 11 is 0.949. The molecular weight excluding hydrogens is 274 g/mol. The highest BCUT2D eigenvalue weighted by Gasteiger charge is 2.34. The molecule has 0 radical (unpaired) electrons. The summed E-state index contributed by atoms with van der Waals surface area (Å²) in [4.78, 5) is 36.5. The van der Waals surface area contributed by atoms with E-state index < -0.39 is 0 Å². The van der Waals surface area contributed by atoms with Crippen LogP contribution < -0.4 is 0 Å². The van der Waals surface area contributed by atoms with Crippen LogP contribution in [0, 0.1) is 0 Å². The minimum Gasteiger partial charge on any atom is -0.300 e. The van der Waals surface area contributed by atoms with Crippen molar-refractivity contribution in [3.05, 3.63) is 40.8 Å². The number of benzene rings is 1. The summed E-state index contributed by atoms with van der Waals surface area (Å²) < 4.78 is 0. The fourth-order valence-corrected chi connectivity index (χ4v) is 2.74. The van der Waals surface area contributed by atoms with Crippen molar-refractivity contribution in [3.8, 4) is 0 Å². The van der Waals surface area contributed by atoms with E-state index in [1.165, 1.54) is 11.8 Å². The summed E-state index contributed by atoms with van der Waals surface area (Å²) in [5, 5.41) is -0.263. The Morgan fingerprint density at radius 1 is 1.25 bits per heavy atom. The van der Waals surface area contributed by atoms with Crippen LogP contribution in [-0.4, -0.2) is 28.4 Å². The van der Waals surface area contributed by atoms with Crippen molar-refractivity contribution in [1.82, 2.24) is 4.90 Å². The fraction of sp³-hybridized carbons (Fsp3) is 0.267. The third-order valence-electron chi connectivity index (χ3n) is 2.88. The van der Waals surface area contributed by atoms with Crippen molar-refractivity contribution in [3.63, 3.8) is 0 Å². The molecule has 4 nitrogen and oxygen atoms in total. The lowest BCUT2D eigenvalue weighted by molar-refractivity contribution is -0.123. The van der Waals surface area contributed by atoms with Gasteiger partial charge in [-0.25, -0.2) is 0 Å². The highest BCUT2D eigenvalue weighted by atomic mass is 32.2. The van der Waals surface area contributed by atoms with E-state index in [1.807, 2.05) is 30.3 Å². The van der Waals surface area contributed by atoms with E-state index in [4.69, 9.17) is 0 Å².